The van der Waals surface area contributed by atoms with Gasteiger partial charge in [-0.2, -0.15) is 0 Å². The Bertz CT molecular complexity index is 86.4. The van der Waals surface area contributed by atoms with Gasteiger partial charge in [-0.3, -0.25) is 0 Å². The second-order valence-electron chi connectivity index (χ2n) is 3.46. The van der Waals surface area contributed by atoms with E-state index in [-0.39, 0.29) is 0 Å². The van der Waals surface area contributed by atoms with Crippen molar-refractivity contribution in [3.05, 3.63) is 0 Å². The van der Waals surface area contributed by atoms with E-state index in [9.17, 15) is 0 Å². The molecule has 1 atom stereocenters. The van der Waals surface area contributed by atoms with Crippen LogP contribution in [0.2, 0.25) is 0 Å². The summed E-state index contributed by atoms with van der Waals surface area (Å²) in [5.41, 5.74) is 0. The van der Waals surface area contributed by atoms with Gasteiger partial charge in [0.2, 0.25) is 0 Å². The fourth-order valence-electron chi connectivity index (χ4n) is 1.42. The quantitative estimate of drug-likeness (QED) is 0.604. The molecule has 0 saturated carbocycles. The molecule has 0 amide bonds. The monoisotopic (exact) mass is 172 g/mol. The second-order valence-corrected chi connectivity index (χ2v) is 3.46. The largest absolute Gasteiger partial charge is 0.381 e. The molecule has 0 aromatic rings. The molecule has 72 valence electrons. The third-order valence-electron chi connectivity index (χ3n) is 2.43. The van der Waals surface area contributed by atoms with Gasteiger partial charge in [0.1, 0.15) is 0 Å². The normalized spacial score (nSPS) is 28.2. The average molecular weight is 172 g/mol. The highest BCUT2D eigenvalue weighted by atomic mass is 16.5. The Labute approximate surface area is 75.2 Å². The van der Waals surface area contributed by atoms with Crippen molar-refractivity contribution in [2.45, 2.75) is 32.6 Å². The maximum Gasteiger partial charge on any atom is 0.0495 e. The van der Waals surface area contributed by atoms with Crippen molar-refractivity contribution in [2.24, 2.45) is 5.92 Å². The molecule has 2 aliphatic rings. The first-order valence-electron chi connectivity index (χ1n) is 5.09. The van der Waals surface area contributed by atoms with Gasteiger partial charge in [-0.15, -0.1) is 0 Å². The van der Waals surface area contributed by atoms with E-state index < -0.39 is 0 Å². The van der Waals surface area contributed by atoms with Crippen LogP contribution >= 0.6 is 0 Å². The molecule has 2 heteroatoms. The highest BCUT2D eigenvalue weighted by Gasteiger charge is 2.11. The SMILES string of the molecule is C1CCOC1.CCC1CCOC1. The Balaban J connectivity index is 0.000000127. The van der Waals surface area contributed by atoms with Crippen molar-refractivity contribution < 1.29 is 9.47 Å². The standard InChI is InChI=1S/C6H12O.C4H8O/c1-2-6-3-4-7-5-6;1-2-4-5-3-1/h6H,2-5H2,1H3;1-4H2. The fraction of sp³-hybridized carbons (Fsp3) is 1.00. The Morgan fingerprint density at radius 2 is 1.83 bits per heavy atom. The Morgan fingerprint density at radius 3 is 2.08 bits per heavy atom. The summed E-state index contributed by atoms with van der Waals surface area (Å²) in [6, 6.07) is 0. The van der Waals surface area contributed by atoms with E-state index in [1.807, 2.05) is 0 Å². The van der Waals surface area contributed by atoms with Gasteiger partial charge in [0.05, 0.1) is 0 Å². The molecule has 0 bridgehead atoms. The predicted molar refractivity (Wildman–Crippen MR) is 49.3 cm³/mol. The molecule has 0 radical (unpaired) electrons. The highest BCUT2D eigenvalue weighted by molar-refractivity contribution is 4.60. The van der Waals surface area contributed by atoms with Crippen molar-refractivity contribution in [1.29, 1.82) is 0 Å². The minimum Gasteiger partial charge on any atom is -0.381 e. The van der Waals surface area contributed by atoms with Crippen LogP contribution in [0.5, 0.6) is 0 Å². The Kier molecular flexibility index (Phi) is 5.37. The Hall–Kier alpha value is -0.0800. The van der Waals surface area contributed by atoms with E-state index in [1.165, 1.54) is 25.7 Å². The summed E-state index contributed by atoms with van der Waals surface area (Å²) in [5.74, 6) is 0.875. The first kappa shape index (κ1) is 10.0. The fourth-order valence-corrected chi connectivity index (χ4v) is 1.42. The van der Waals surface area contributed by atoms with E-state index in [0.717, 1.165) is 32.3 Å². The molecule has 0 N–H and O–H groups in total. The molecule has 2 aliphatic heterocycles. The van der Waals surface area contributed by atoms with Crippen LogP contribution < -0.4 is 0 Å². The zero-order chi connectivity index (χ0) is 8.65. The van der Waals surface area contributed by atoms with Gasteiger partial charge in [0, 0.05) is 26.4 Å². The van der Waals surface area contributed by atoms with Crippen molar-refractivity contribution in [3.63, 3.8) is 0 Å². The topological polar surface area (TPSA) is 18.5 Å². The van der Waals surface area contributed by atoms with Crippen LogP contribution in [0.25, 0.3) is 0 Å². The Morgan fingerprint density at radius 1 is 1.08 bits per heavy atom. The molecule has 2 saturated heterocycles. The van der Waals surface area contributed by atoms with Gasteiger partial charge in [0.25, 0.3) is 0 Å². The van der Waals surface area contributed by atoms with E-state index in [0.29, 0.717) is 0 Å². The van der Waals surface area contributed by atoms with Crippen molar-refractivity contribution in [2.75, 3.05) is 26.4 Å². The smallest absolute Gasteiger partial charge is 0.0495 e. The number of hydrogen-bond acceptors (Lipinski definition) is 2. The van der Waals surface area contributed by atoms with Crippen molar-refractivity contribution in [1.82, 2.24) is 0 Å². The number of hydrogen-bond donors (Lipinski definition) is 0. The molecule has 0 aromatic heterocycles. The lowest BCUT2D eigenvalue weighted by Crippen LogP contribution is -1.94. The van der Waals surface area contributed by atoms with Gasteiger partial charge in [-0.25, -0.2) is 0 Å². The van der Waals surface area contributed by atoms with E-state index >= 15 is 0 Å². The highest BCUT2D eigenvalue weighted by Crippen LogP contribution is 2.14. The van der Waals surface area contributed by atoms with Gasteiger partial charge >= 0.3 is 0 Å². The summed E-state index contributed by atoms with van der Waals surface area (Å²) in [4.78, 5) is 0. The zero-order valence-corrected chi connectivity index (χ0v) is 8.05. The van der Waals surface area contributed by atoms with E-state index in [2.05, 4.69) is 6.92 Å². The average Bonchev–Trinajstić information content (AvgIpc) is 2.81. The molecule has 12 heavy (non-hydrogen) atoms. The van der Waals surface area contributed by atoms with Gasteiger partial charge in [0.15, 0.2) is 0 Å². The first-order chi connectivity index (χ1) is 5.93. The van der Waals surface area contributed by atoms with Gasteiger partial charge in [-0.1, -0.05) is 13.3 Å². The first-order valence-corrected chi connectivity index (χ1v) is 5.09. The molecule has 1 unspecified atom stereocenters. The summed E-state index contributed by atoms with van der Waals surface area (Å²) in [6.07, 6.45) is 5.14. The molecule has 2 heterocycles. The maximum absolute atomic E-state index is 5.15. The second kappa shape index (κ2) is 6.44. The summed E-state index contributed by atoms with van der Waals surface area (Å²) in [6.45, 7) is 6.23. The summed E-state index contributed by atoms with van der Waals surface area (Å²) < 4.78 is 10.1. The molecular weight excluding hydrogens is 152 g/mol. The van der Waals surface area contributed by atoms with Gasteiger partial charge in [-0.05, 0) is 25.2 Å². The molecule has 0 aliphatic carbocycles. The molecule has 2 rings (SSSR count). The predicted octanol–water partition coefficient (Wildman–Crippen LogP) is 2.23. The lowest BCUT2D eigenvalue weighted by atomic mass is 10.1. The van der Waals surface area contributed by atoms with Crippen LogP contribution in [-0.2, 0) is 9.47 Å². The number of ether oxygens (including phenoxy) is 2. The third kappa shape index (κ3) is 4.07. The zero-order valence-electron chi connectivity index (χ0n) is 8.05. The van der Waals surface area contributed by atoms with E-state index in [4.69, 9.17) is 9.47 Å². The van der Waals surface area contributed by atoms with Gasteiger partial charge < -0.3 is 9.47 Å². The van der Waals surface area contributed by atoms with Crippen LogP contribution in [0, 0.1) is 5.92 Å². The minimum absolute atomic E-state index is 0.875. The van der Waals surface area contributed by atoms with Crippen LogP contribution in [-0.4, -0.2) is 26.4 Å². The lowest BCUT2D eigenvalue weighted by Gasteiger charge is -1.97. The molecule has 2 nitrogen and oxygen atoms in total. The van der Waals surface area contributed by atoms with Crippen molar-refractivity contribution in [3.8, 4) is 0 Å². The third-order valence-corrected chi connectivity index (χ3v) is 2.43. The minimum atomic E-state index is 0.875. The molecule has 0 aromatic carbocycles. The molecule has 0 spiro atoms. The van der Waals surface area contributed by atoms with Crippen molar-refractivity contribution >= 4 is 0 Å². The molecular formula is C10H20O2. The van der Waals surface area contributed by atoms with Crippen LogP contribution in [0.4, 0.5) is 0 Å². The maximum atomic E-state index is 5.15. The lowest BCUT2D eigenvalue weighted by molar-refractivity contribution is 0.185. The summed E-state index contributed by atoms with van der Waals surface area (Å²) >= 11 is 0. The van der Waals surface area contributed by atoms with E-state index in [1.54, 1.807) is 0 Å². The summed E-state index contributed by atoms with van der Waals surface area (Å²) in [7, 11) is 0. The summed E-state index contributed by atoms with van der Waals surface area (Å²) in [5, 5.41) is 0. The van der Waals surface area contributed by atoms with Crippen LogP contribution in [0.3, 0.4) is 0 Å². The molecule has 2 fully saturated rings. The number of rotatable bonds is 1. The van der Waals surface area contributed by atoms with Crippen LogP contribution in [0.1, 0.15) is 32.6 Å². The van der Waals surface area contributed by atoms with Crippen LogP contribution in [0.15, 0.2) is 0 Å².